The van der Waals surface area contributed by atoms with E-state index in [0.717, 1.165) is 11.3 Å². The molecule has 8 nitrogen and oxygen atoms in total. The molecular weight excluding hydrogens is 286 g/mol. The minimum absolute atomic E-state index is 0.168. The number of ether oxygens (including phenoxy) is 1. The number of aromatic amines is 1. The van der Waals surface area contributed by atoms with Crippen LogP contribution in [0.25, 0.3) is 0 Å². The van der Waals surface area contributed by atoms with E-state index in [1.54, 1.807) is 14.0 Å². The lowest BCUT2D eigenvalue weighted by molar-refractivity contribution is 0.242. The number of amides is 2. The molecule has 22 heavy (non-hydrogen) atoms. The molecule has 0 saturated carbocycles. The number of hydrogen-bond acceptors (Lipinski definition) is 5. The molecule has 0 aliphatic heterocycles. The summed E-state index contributed by atoms with van der Waals surface area (Å²) >= 11 is 0. The number of hydrogen-bond donors (Lipinski definition) is 4. The molecule has 0 aliphatic carbocycles. The highest BCUT2D eigenvalue weighted by atomic mass is 16.5. The van der Waals surface area contributed by atoms with E-state index in [4.69, 9.17) is 4.74 Å². The molecule has 0 unspecified atom stereocenters. The van der Waals surface area contributed by atoms with Gasteiger partial charge < -0.3 is 10.1 Å². The van der Waals surface area contributed by atoms with Crippen molar-refractivity contribution in [1.29, 1.82) is 0 Å². The van der Waals surface area contributed by atoms with Crippen molar-refractivity contribution in [2.45, 2.75) is 13.5 Å². The van der Waals surface area contributed by atoms with Crippen molar-refractivity contribution < 1.29 is 9.53 Å². The zero-order valence-corrected chi connectivity index (χ0v) is 12.3. The van der Waals surface area contributed by atoms with Gasteiger partial charge in [0.2, 0.25) is 5.95 Å². The van der Waals surface area contributed by atoms with Crippen LogP contribution in [0.5, 0.6) is 5.75 Å². The van der Waals surface area contributed by atoms with E-state index in [0.29, 0.717) is 12.2 Å². The predicted octanol–water partition coefficient (Wildman–Crippen LogP) is 0.913. The van der Waals surface area contributed by atoms with E-state index < -0.39 is 6.03 Å². The Morgan fingerprint density at radius 3 is 2.91 bits per heavy atom. The predicted molar refractivity (Wildman–Crippen MR) is 81.6 cm³/mol. The number of urea groups is 1. The standard InChI is InChI=1S/C14H17N5O3/c1-9-6-12(20)17-13(16-9)18-19-14(21)15-8-10-4-3-5-11(7-10)22-2/h3-7H,8H2,1-2H3,(H2,15,19,21)(H2,16,17,18,20). The monoisotopic (exact) mass is 303 g/mol. The lowest BCUT2D eigenvalue weighted by Gasteiger charge is -2.10. The minimum Gasteiger partial charge on any atom is -0.497 e. The summed E-state index contributed by atoms with van der Waals surface area (Å²) in [4.78, 5) is 29.4. The number of aromatic nitrogens is 2. The van der Waals surface area contributed by atoms with Crippen LogP contribution in [-0.2, 0) is 6.54 Å². The van der Waals surface area contributed by atoms with Crippen LogP contribution < -0.4 is 26.5 Å². The summed E-state index contributed by atoms with van der Waals surface area (Å²) in [6.07, 6.45) is 0. The van der Waals surface area contributed by atoms with Gasteiger partial charge >= 0.3 is 6.03 Å². The Balaban J connectivity index is 1.84. The summed E-state index contributed by atoms with van der Waals surface area (Å²) in [7, 11) is 1.58. The second-order valence-electron chi connectivity index (χ2n) is 4.52. The van der Waals surface area contributed by atoms with E-state index in [-0.39, 0.29) is 11.5 Å². The van der Waals surface area contributed by atoms with Crippen LogP contribution in [0.3, 0.4) is 0 Å². The molecule has 1 aromatic carbocycles. The van der Waals surface area contributed by atoms with Crippen LogP contribution in [-0.4, -0.2) is 23.1 Å². The summed E-state index contributed by atoms with van der Waals surface area (Å²) in [6.45, 7) is 2.02. The number of nitrogens with zero attached hydrogens (tertiary/aromatic N) is 1. The Morgan fingerprint density at radius 1 is 1.36 bits per heavy atom. The third kappa shape index (κ3) is 4.51. The molecule has 1 heterocycles. The number of benzene rings is 1. The van der Waals surface area contributed by atoms with Gasteiger partial charge in [-0.3, -0.25) is 15.2 Å². The van der Waals surface area contributed by atoms with Gasteiger partial charge in [-0.05, 0) is 24.6 Å². The minimum atomic E-state index is -0.452. The van der Waals surface area contributed by atoms with Crippen molar-refractivity contribution in [1.82, 2.24) is 20.7 Å². The normalized spacial score (nSPS) is 9.91. The van der Waals surface area contributed by atoms with Crippen LogP contribution >= 0.6 is 0 Å². The Bertz CT molecular complexity index is 714. The van der Waals surface area contributed by atoms with Gasteiger partial charge in [-0.25, -0.2) is 15.2 Å². The highest BCUT2D eigenvalue weighted by Gasteiger charge is 2.02. The first-order chi connectivity index (χ1) is 10.6. The quantitative estimate of drug-likeness (QED) is 0.614. The molecule has 0 radical (unpaired) electrons. The van der Waals surface area contributed by atoms with Gasteiger partial charge in [0.15, 0.2) is 0 Å². The summed E-state index contributed by atoms with van der Waals surface area (Å²) in [6, 6.07) is 8.27. The first-order valence-electron chi connectivity index (χ1n) is 6.57. The average molecular weight is 303 g/mol. The highest BCUT2D eigenvalue weighted by Crippen LogP contribution is 2.11. The van der Waals surface area contributed by atoms with E-state index >= 15 is 0 Å². The van der Waals surface area contributed by atoms with Crippen molar-refractivity contribution in [3.63, 3.8) is 0 Å². The molecule has 1 aromatic heterocycles. The molecular formula is C14H17N5O3. The molecule has 0 fully saturated rings. The lowest BCUT2D eigenvalue weighted by atomic mass is 10.2. The zero-order valence-electron chi connectivity index (χ0n) is 12.3. The summed E-state index contributed by atoms with van der Waals surface area (Å²) in [5, 5.41) is 2.66. The molecule has 0 aliphatic rings. The van der Waals surface area contributed by atoms with Gasteiger partial charge in [0, 0.05) is 18.3 Å². The first-order valence-corrected chi connectivity index (χ1v) is 6.57. The lowest BCUT2D eigenvalue weighted by Crippen LogP contribution is -2.39. The first kappa shape index (κ1) is 15.4. The maximum absolute atomic E-state index is 11.7. The van der Waals surface area contributed by atoms with E-state index in [1.165, 1.54) is 6.07 Å². The number of carbonyl (C=O) groups is 1. The van der Waals surface area contributed by atoms with Crippen molar-refractivity contribution in [3.05, 3.63) is 51.9 Å². The second kappa shape index (κ2) is 7.11. The number of H-pyrrole nitrogens is 1. The zero-order chi connectivity index (χ0) is 15.9. The Morgan fingerprint density at radius 2 is 2.18 bits per heavy atom. The Kier molecular flexibility index (Phi) is 4.97. The molecule has 0 saturated heterocycles. The molecule has 0 atom stereocenters. The number of rotatable bonds is 5. The SMILES string of the molecule is COc1cccc(CNC(=O)NNc2nc(C)cc(=O)[nH]2)c1. The number of methoxy groups -OCH3 is 1. The fraction of sp³-hybridized carbons (Fsp3) is 0.214. The van der Waals surface area contributed by atoms with E-state index in [2.05, 4.69) is 26.1 Å². The number of anilines is 1. The van der Waals surface area contributed by atoms with Gasteiger partial charge in [0.1, 0.15) is 5.75 Å². The van der Waals surface area contributed by atoms with Gasteiger partial charge in [-0.1, -0.05) is 12.1 Å². The molecule has 2 rings (SSSR count). The molecule has 0 bridgehead atoms. The van der Waals surface area contributed by atoms with E-state index in [9.17, 15) is 9.59 Å². The van der Waals surface area contributed by atoms with Crippen molar-refractivity contribution >= 4 is 12.0 Å². The third-order valence-electron chi connectivity index (χ3n) is 2.75. The number of aryl methyl sites for hydroxylation is 1. The van der Waals surface area contributed by atoms with Gasteiger partial charge in [-0.2, -0.15) is 0 Å². The number of hydrazine groups is 1. The fourth-order valence-electron chi connectivity index (χ4n) is 1.76. The number of nitrogens with one attached hydrogen (secondary N) is 4. The van der Waals surface area contributed by atoms with Crippen LogP contribution in [0, 0.1) is 6.92 Å². The van der Waals surface area contributed by atoms with Crippen molar-refractivity contribution in [3.8, 4) is 5.75 Å². The highest BCUT2D eigenvalue weighted by molar-refractivity contribution is 5.74. The molecule has 2 amide bonds. The van der Waals surface area contributed by atoms with Crippen LogP contribution in [0.2, 0.25) is 0 Å². The van der Waals surface area contributed by atoms with E-state index in [1.807, 2.05) is 24.3 Å². The van der Waals surface area contributed by atoms with Crippen molar-refractivity contribution in [2.75, 3.05) is 12.5 Å². The summed E-state index contributed by atoms with van der Waals surface area (Å²) in [5.74, 6) is 0.890. The molecule has 116 valence electrons. The van der Waals surface area contributed by atoms with Gasteiger partial charge in [0.05, 0.1) is 7.11 Å². The average Bonchev–Trinajstić information content (AvgIpc) is 2.50. The topological polar surface area (TPSA) is 108 Å². The molecule has 8 heteroatoms. The van der Waals surface area contributed by atoms with Crippen LogP contribution in [0.4, 0.5) is 10.7 Å². The fourth-order valence-corrected chi connectivity index (χ4v) is 1.76. The van der Waals surface area contributed by atoms with Crippen molar-refractivity contribution in [2.24, 2.45) is 0 Å². The largest absolute Gasteiger partial charge is 0.497 e. The van der Waals surface area contributed by atoms with Gasteiger partial charge in [0.25, 0.3) is 5.56 Å². The third-order valence-corrected chi connectivity index (χ3v) is 2.75. The molecule has 2 aromatic rings. The maximum atomic E-state index is 11.7. The molecule has 4 N–H and O–H groups in total. The molecule has 0 spiro atoms. The summed E-state index contributed by atoms with van der Waals surface area (Å²) < 4.78 is 5.11. The second-order valence-corrected chi connectivity index (χ2v) is 4.52. The van der Waals surface area contributed by atoms with Gasteiger partial charge in [-0.15, -0.1) is 0 Å². The maximum Gasteiger partial charge on any atom is 0.333 e. The number of carbonyl (C=O) groups excluding carboxylic acids is 1. The summed E-state index contributed by atoms with van der Waals surface area (Å²) in [5.41, 5.74) is 6.07. The Labute approximate surface area is 126 Å². The van der Waals surface area contributed by atoms with Crippen LogP contribution in [0.1, 0.15) is 11.3 Å². The Hall–Kier alpha value is -3.03. The smallest absolute Gasteiger partial charge is 0.333 e. The van der Waals surface area contributed by atoms with Crippen LogP contribution in [0.15, 0.2) is 35.1 Å².